The van der Waals surface area contributed by atoms with Crippen molar-refractivity contribution in [3.63, 3.8) is 0 Å². The van der Waals surface area contributed by atoms with E-state index in [1.165, 1.54) is 11.3 Å². The molecule has 1 aromatic carbocycles. The summed E-state index contributed by atoms with van der Waals surface area (Å²) in [6, 6.07) is 6.60. The summed E-state index contributed by atoms with van der Waals surface area (Å²) in [4.78, 5) is 35.4. The average molecular weight is 458 g/mol. The van der Waals surface area contributed by atoms with Gasteiger partial charge in [0.25, 0.3) is 5.91 Å². The molecular formula is C24H31N3O4S. The van der Waals surface area contributed by atoms with E-state index in [-0.39, 0.29) is 11.4 Å². The molecule has 0 saturated heterocycles. The summed E-state index contributed by atoms with van der Waals surface area (Å²) in [5, 5.41) is 11.6. The molecule has 1 aliphatic heterocycles. The van der Waals surface area contributed by atoms with Crippen molar-refractivity contribution in [2.24, 2.45) is 0 Å². The molecule has 0 aliphatic carbocycles. The Morgan fingerprint density at radius 1 is 1.25 bits per heavy atom. The number of amides is 1. The highest BCUT2D eigenvalue weighted by molar-refractivity contribution is 7.14. The molecule has 7 nitrogen and oxygen atoms in total. The number of carbonyl (C=O) groups is 2. The van der Waals surface area contributed by atoms with Crippen molar-refractivity contribution >= 4 is 23.0 Å². The maximum Gasteiger partial charge on any atom is 0.290 e. The van der Waals surface area contributed by atoms with Crippen LogP contribution >= 0.6 is 11.3 Å². The topological polar surface area (TPSA) is 83.0 Å². The van der Waals surface area contributed by atoms with E-state index in [1.54, 1.807) is 25.0 Å². The Labute approximate surface area is 193 Å². The molecule has 2 aromatic rings. The van der Waals surface area contributed by atoms with Crippen molar-refractivity contribution in [3.05, 3.63) is 56.7 Å². The Hall–Kier alpha value is -2.71. The summed E-state index contributed by atoms with van der Waals surface area (Å²) < 4.78 is 5.54. The second-order valence-corrected chi connectivity index (χ2v) is 8.97. The van der Waals surface area contributed by atoms with Crippen molar-refractivity contribution < 1.29 is 19.4 Å². The number of aliphatic hydroxyl groups excluding tert-OH is 1. The predicted octanol–water partition coefficient (Wildman–Crippen LogP) is 4.08. The Bertz CT molecular complexity index is 1030. The minimum Gasteiger partial charge on any atom is -0.503 e. The molecule has 3 rings (SSSR count). The van der Waals surface area contributed by atoms with Crippen LogP contribution in [0.1, 0.15) is 52.2 Å². The highest BCUT2D eigenvalue weighted by Gasteiger charge is 2.45. The average Bonchev–Trinajstić information content (AvgIpc) is 3.26. The zero-order chi connectivity index (χ0) is 23.4. The van der Waals surface area contributed by atoms with Crippen LogP contribution in [-0.4, -0.2) is 64.9 Å². The number of methoxy groups -OCH3 is 1. The summed E-state index contributed by atoms with van der Waals surface area (Å²) in [6.07, 6.45) is 0.729. The van der Waals surface area contributed by atoms with Gasteiger partial charge in [-0.3, -0.25) is 9.59 Å². The fraction of sp³-hybridized carbons (Fsp3) is 0.458. The molecule has 0 bridgehead atoms. The Balaban J connectivity index is 2.03. The van der Waals surface area contributed by atoms with Gasteiger partial charge in [-0.1, -0.05) is 32.0 Å². The maximum absolute atomic E-state index is 13.6. The number of rotatable bonds is 10. The van der Waals surface area contributed by atoms with E-state index in [2.05, 4.69) is 23.7 Å². The number of ether oxygens (including phenoxy) is 1. The van der Waals surface area contributed by atoms with Gasteiger partial charge in [-0.2, -0.15) is 0 Å². The van der Waals surface area contributed by atoms with E-state index < -0.39 is 17.7 Å². The second kappa shape index (κ2) is 10.3. The van der Waals surface area contributed by atoms with E-state index in [0.717, 1.165) is 31.1 Å². The number of hydrogen-bond donors (Lipinski definition) is 1. The number of benzene rings is 1. The number of para-hydroxylation sites is 1. The van der Waals surface area contributed by atoms with Crippen LogP contribution in [0.4, 0.5) is 0 Å². The van der Waals surface area contributed by atoms with Crippen molar-refractivity contribution in [1.82, 2.24) is 14.8 Å². The van der Waals surface area contributed by atoms with E-state index in [1.807, 2.05) is 25.1 Å². The third-order valence-corrected chi connectivity index (χ3v) is 6.93. The predicted molar refractivity (Wildman–Crippen MR) is 125 cm³/mol. The monoisotopic (exact) mass is 457 g/mol. The lowest BCUT2D eigenvalue weighted by Gasteiger charge is -2.29. The van der Waals surface area contributed by atoms with Gasteiger partial charge in [0.15, 0.2) is 5.76 Å². The molecule has 0 spiro atoms. The number of hydrogen-bond acceptors (Lipinski definition) is 7. The first kappa shape index (κ1) is 23.9. The van der Waals surface area contributed by atoms with Crippen LogP contribution in [0.25, 0.3) is 0 Å². The van der Waals surface area contributed by atoms with Gasteiger partial charge in [0.2, 0.25) is 5.78 Å². The van der Waals surface area contributed by atoms with Gasteiger partial charge < -0.3 is 19.6 Å². The van der Waals surface area contributed by atoms with Crippen LogP contribution in [0.2, 0.25) is 0 Å². The smallest absolute Gasteiger partial charge is 0.290 e. The number of carbonyl (C=O) groups excluding carboxylic acids is 2. The molecule has 0 radical (unpaired) electrons. The molecule has 0 fully saturated rings. The molecule has 1 aromatic heterocycles. The van der Waals surface area contributed by atoms with E-state index in [9.17, 15) is 14.7 Å². The molecule has 1 aliphatic rings. The minimum absolute atomic E-state index is 0.0917. The van der Waals surface area contributed by atoms with Crippen molar-refractivity contribution in [1.29, 1.82) is 0 Å². The Morgan fingerprint density at radius 2 is 1.94 bits per heavy atom. The van der Waals surface area contributed by atoms with Gasteiger partial charge in [0.05, 0.1) is 34.3 Å². The Morgan fingerprint density at radius 3 is 2.53 bits per heavy atom. The number of thiazole rings is 1. The lowest BCUT2D eigenvalue weighted by molar-refractivity contribution is -0.129. The van der Waals surface area contributed by atoms with Gasteiger partial charge in [0.1, 0.15) is 5.75 Å². The van der Waals surface area contributed by atoms with Gasteiger partial charge in [-0.25, -0.2) is 4.98 Å². The number of nitrogens with zero attached hydrogens (tertiary/aromatic N) is 3. The molecule has 172 valence electrons. The first-order valence-corrected chi connectivity index (χ1v) is 11.7. The van der Waals surface area contributed by atoms with Gasteiger partial charge in [-0.15, -0.1) is 11.3 Å². The van der Waals surface area contributed by atoms with Crippen LogP contribution in [-0.2, 0) is 4.79 Å². The SMILES string of the molecule is CCN(CC)CCCN1C(=O)C(O)=C(C(=O)c2sc(C)nc2C)[C@H]1c1ccccc1OC. The summed E-state index contributed by atoms with van der Waals surface area (Å²) in [5.41, 5.74) is 1.37. The molecule has 2 heterocycles. The third-order valence-electron chi connectivity index (χ3n) is 5.86. The fourth-order valence-electron chi connectivity index (χ4n) is 4.20. The first-order valence-electron chi connectivity index (χ1n) is 10.9. The molecule has 0 saturated carbocycles. The quantitative estimate of drug-likeness (QED) is 0.542. The maximum atomic E-state index is 13.6. The second-order valence-electron chi connectivity index (χ2n) is 7.76. The summed E-state index contributed by atoms with van der Waals surface area (Å²) in [7, 11) is 1.56. The minimum atomic E-state index is -0.718. The number of aromatic nitrogens is 1. The van der Waals surface area contributed by atoms with Gasteiger partial charge in [-0.05, 0) is 46.0 Å². The van der Waals surface area contributed by atoms with Crippen LogP contribution in [0.3, 0.4) is 0 Å². The number of aliphatic hydroxyl groups is 1. The zero-order valence-corrected chi connectivity index (χ0v) is 20.2. The molecule has 1 amide bonds. The molecular weight excluding hydrogens is 426 g/mol. The normalized spacial score (nSPS) is 16.4. The number of aryl methyl sites for hydroxylation is 2. The van der Waals surface area contributed by atoms with E-state index in [4.69, 9.17) is 4.74 Å². The summed E-state index contributed by atoms with van der Waals surface area (Å²) in [6.45, 7) is 10.9. The van der Waals surface area contributed by atoms with Gasteiger partial charge >= 0.3 is 0 Å². The van der Waals surface area contributed by atoms with Crippen LogP contribution < -0.4 is 4.74 Å². The number of Topliss-reactive ketones (excluding diaryl/α,β-unsaturated/α-hetero) is 1. The van der Waals surface area contributed by atoms with Crippen LogP contribution in [0.15, 0.2) is 35.6 Å². The first-order chi connectivity index (χ1) is 15.3. The lowest BCUT2D eigenvalue weighted by atomic mass is 9.94. The van der Waals surface area contributed by atoms with Crippen molar-refractivity contribution in [2.45, 2.75) is 40.2 Å². The Kier molecular flexibility index (Phi) is 7.69. The largest absolute Gasteiger partial charge is 0.503 e. The summed E-state index contributed by atoms with van der Waals surface area (Å²) >= 11 is 1.28. The third kappa shape index (κ3) is 4.56. The van der Waals surface area contributed by atoms with Crippen molar-refractivity contribution in [2.75, 3.05) is 33.3 Å². The zero-order valence-electron chi connectivity index (χ0n) is 19.3. The number of ketones is 1. The molecule has 8 heteroatoms. The fourth-order valence-corrected chi connectivity index (χ4v) is 5.07. The summed E-state index contributed by atoms with van der Waals surface area (Å²) in [5.74, 6) is -0.806. The van der Waals surface area contributed by atoms with Crippen molar-refractivity contribution in [3.8, 4) is 5.75 Å². The van der Waals surface area contributed by atoms with Gasteiger partial charge in [0, 0.05) is 12.1 Å². The molecule has 32 heavy (non-hydrogen) atoms. The molecule has 1 atom stereocenters. The van der Waals surface area contributed by atoms with Crippen LogP contribution in [0.5, 0.6) is 5.75 Å². The van der Waals surface area contributed by atoms with Crippen LogP contribution in [0, 0.1) is 13.8 Å². The van der Waals surface area contributed by atoms with E-state index >= 15 is 0 Å². The van der Waals surface area contributed by atoms with E-state index in [0.29, 0.717) is 28.4 Å². The molecule has 1 N–H and O–H groups in total. The molecule has 0 unspecified atom stereocenters. The standard InChI is InChI=1S/C24H31N3O4S/c1-6-26(7-2)13-10-14-27-20(17-11-8-9-12-18(17)31-5)19(22(29)24(27)30)21(28)23-15(3)25-16(4)32-23/h8-9,11-12,20,29H,6-7,10,13-14H2,1-5H3/t20-/m1/s1. The highest BCUT2D eigenvalue weighted by Crippen LogP contribution is 2.43. The highest BCUT2D eigenvalue weighted by atomic mass is 32.1. The lowest BCUT2D eigenvalue weighted by Crippen LogP contribution is -2.34.